The summed E-state index contributed by atoms with van der Waals surface area (Å²) in [7, 11) is 0. The number of H-pyrrole nitrogens is 1. The van der Waals surface area contributed by atoms with Crippen LogP contribution in [0, 0.1) is 0 Å². The number of aromatic carboxylic acids is 1. The van der Waals surface area contributed by atoms with Crippen LogP contribution in [0.4, 0.5) is 4.79 Å². The van der Waals surface area contributed by atoms with Gasteiger partial charge in [0.15, 0.2) is 0 Å². The summed E-state index contributed by atoms with van der Waals surface area (Å²) in [6.45, 7) is 1.93. The Hall–Kier alpha value is -2.77. The predicted molar refractivity (Wildman–Crippen MR) is 68.0 cm³/mol. The van der Waals surface area contributed by atoms with Crippen LogP contribution in [0.3, 0.4) is 0 Å². The standard InChI is InChI=1S/C12H14N4O4/c1-7(8-4-14-15-5-8)16-12(19)13-6-9-2-3-10(20-9)11(17)18/h2-5,7H,6H2,1H3,(H,14,15)(H,17,18)(H2,13,16,19). The number of hydrogen-bond acceptors (Lipinski definition) is 4. The molecule has 8 heteroatoms. The molecule has 0 spiro atoms. The third kappa shape index (κ3) is 3.37. The van der Waals surface area contributed by atoms with Crippen molar-refractivity contribution in [1.29, 1.82) is 0 Å². The first-order chi connectivity index (χ1) is 9.56. The van der Waals surface area contributed by atoms with Gasteiger partial charge < -0.3 is 20.2 Å². The van der Waals surface area contributed by atoms with E-state index in [-0.39, 0.29) is 24.4 Å². The van der Waals surface area contributed by atoms with Crippen molar-refractivity contribution in [3.8, 4) is 0 Å². The predicted octanol–water partition coefficient (Wildman–Crippen LogP) is 1.26. The lowest BCUT2D eigenvalue weighted by Crippen LogP contribution is -2.36. The molecule has 0 saturated carbocycles. The topological polar surface area (TPSA) is 120 Å². The molecule has 1 unspecified atom stereocenters. The van der Waals surface area contributed by atoms with E-state index in [1.54, 1.807) is 12.4 Å². The van der Waals surface area contributed by atoms with Crippen molar-refractivity contribution in [2.45, 2.75) is 19.5 Å². The fraction of sp³-hybridized carbons (Fsp3) is 0.250. The lowest BCUT2D eigenvalue weighted by Gasteiger charge is -2.12. The quantitative estimate of drug-likeness (QED) is 0.656. The Bertz CT molecular complexity index is 590. The fourth-order valence-corrected chi connectivity index (χ4v) is 1.58. The summed E-state index contributed by atoms with van der Waals surface area (Å²) in [5.41, 5.74) is 0.853. The molecule has 0 aliphatic carbocycles. The highest BCUT2D eigenvalue weighted by atomic mass is 16.4. The van der Waals surface area contributed by atoms with E-state index >= 15 is 0 Å². The normalized spacial score (nSPS) is 11.8. The van der Waals surface area contributed by atoms with Crippen molar-refractivity contribution in [3.05, 3.63) is 41.6 Å². The average Bonchev–Trinajstić information content (AvgIpc) is 3.07. The van der Waals surface area contributed by atoms with Gasteiger partial charge >= 0.3 is 12.0 Å². The van der Waals surface area contributed by atoms with Gasteiger partial charge in [0.2, 0.25) is 5.76 Å². The highest BCUT2D eigenvalue weighted by Gasteiger charge is 2.12. The number of carbonyl (C=O) groups excluding carboxylic acids is 1. The van der Waals surface area contributed by atoms with Gasteiger partial charge in [-0.3, -0.25) is 5.10 Å². The highest BCUT2D eigenvalue weighted by Crippen LogP contribution is 2.09. The number of nitrogens with zero attached hydrogens (tertiary/aromatic N) is 1. The van der Waals surface area contributed by atoms with Crippen LogP contribution < -0.4 is 10.6 Å². The van der Waals surface area contributed by atoms with Crippen LogP contribution >= 0.6 is 0 Å². The van der Waals surface area contributed by atoms with Crippen molar-refractivity contribution < 1.29 is 19.1 Å². The Balaban J connectivity index is 1.81. The number of nitrogens with one attached hydrogen (secondary N) is 3. The van der Waals surface area contributed by atoms with Crippen LogP contribution in [0.15, 0.2) is 28.9 Å². The maximum absolute atomic E-state index is 11.7. The SMILES string of the molecule is CC(NC(=O)NCc1ccc(C(=O)O)o1)c1cn[nH]c1. The van der Waals surface area contributed by atoms with E-state index in [2.05, 4.69) is 20.8 Å². The summed E-state index contributed by atoms with van der Waals surface area (Å²) in [5.74, 6) is -0.934. The molecule has 0 radical (unpaired) electrons. The van der Waals surface area contributed by atoms with E-state index in [0.29, 0.717) is 5.76 Å². The Morgan fingerprint density at radius 1 is 1.50 bits per heavy atom. The number of aromatic nitrogens is 2. The molecule has 106 valence electrons. The summed E-state index contributed by atoms with van der Waals surface area (Å²) in [5, 5.41) is 20.4. The molecule has 0 aliphatic rings. The molecule has 0 bridgehead atoms. The average molecular weight is 278 g/mol. The maximum Gasteiger partial charge on any atom is 0.371 e. The lowest BCUT2D eigenvalue weighted by molar-refractivity contribution is 0.0660. The Morgan fingerprint density at radius 2 is 2.30 bits per heavy atom. The second-order valence-corrected chi connectivity index (χ2v) is 4.15. The number of carboxylic acids is 1. The minimum atomic E-state index is -1.14. The monoisotopic (exact) mass is 278 g/mol. The second kappa shape index (κ2) is 5.91. The van der Waals surface area contributed by atoms with E-state index in [4.69, 9.17) is 9.52 Å². The molecule has 2 amide bonds. The van der Waals surface area contributed by atoms with Gasteiger partial charge in [0, 0.05) is 11.8 Å². The minimum absolute atomic E-state index is 0.108. The van der Waals surface area contributed by atoms with E-state index in [1.165, 1.54) is 12.1 Å². The van der Waals surface area contributed by atoms with E-state index < -0.39 is 5.97 Å². The first kappa shape index (κ1) is 13.7. The molecule has 4 N–H and O–H groups in total. The molecule has 20 heavy (non-hydrogen) atoms. The summed E-state index contributed by atoms with van der Waals surface area (Å²) in [6, 6.07) is 2.26. The summed E-state index contributed by atoms with van der Waals surface area (Å²) >= 11 is 0. The number of rotatable bonds is 5. The molecule has 2 aromatic heterocycles. The number of carboxylic acid groups (broad SMARTS) is 1. The minimum Gasteiger partial charge on any atom is -0.475 e. The first-order valence-corrected chi connectivity index (χ1v) is 5.91. The molecular weight excluding hydrogens is 264 g/mol. The van der Waals surface area contributed by atoms with E-state index in [9.17, 15) is 9.59 Å². The van der Waals surface area contributed by atoms with Crippen LogP contribution in [0.5, 0.6) is 0 Å². The van der Waals surface area contributed by atoms with Crippen molar-refractivity contribution in [2.24, 2.45) is 0 Å². The number of amides is 2. The second-order valence-electron chi connectivity index (χ2n) is 4.15. The molecule has 0 aliphatic heterocycles. The number of aromatic amines is 1. The van der Waals surface area contributed by atoms with Crippen molar-refractivity contribution in [1.82, 2.24) is 20.8 Å². The number of furan rings is 1. The van der Waals surface area contributed by atoms with Gasteiger partial charge in [-0.2, -0.15) is 5.10 Å². The van der Waals surface area contributed by atoms with Crippen LogP contribution in [0.25, 0.3) is 0 Å². The van der Waals surface area contributed by atoms with E-state index in [0.717, 1.165) is 5.56 Å². The molecular formula is C12H14N4O4. The molecule has 1 atom stereocenters. The smallest absolute Gasteiger partial charge is 0.371 e. The number of hydrogen-bond donors (Lipinski definition) is 4. The van der Waals surface area contributed by atoms with Gasteiger partial charge in [-0.15, -0.1) is 0 Å². The Labute approximate surface area is 114 Å². The van der Waals surface area contributed by atoms with E-state index in [1.807, 2.05) is 6.92 Å². The zero-order valence-corrected chi connectivity index (χ0v) is 10.7. The van der Waals surface area contributed by atoms with Gasteiger partial charge in [0.05, 0.1) is 18.8 Å². The molecule has 2 rings (SSSR count). The van der Waals surface area contributed by atoms with Crippen LogP contribution in [-0.2, 0) is 6.54 Å². The van der Waals surface area contributed by atoms with Crippen molar-refractivity contribution in [2.75, 3.05) is 0 Å². The lowest BCUT2D eigenvalue weighted by atomic mass is 10.2. The van der Waals surface area contributed by atoms with Crippen LogP contribution in [-0.4, -0.2) is 27.3 Å². The third-order valence-electron chi connectivity index (χ3n) is 2.66. The molecule has 0 fully saturated rings. The maximum atomic E-state index is 11.7. The van der Waals surface area contributed by atoms with Gasteiger partial charge in [0.25, 0.3) is 0 Å². The number of carbonyl (C=O) groups is 2. The Kier molecular flexibility index (Phi) is 4.04. The number of urea groups is 1. The zero-order valence-electron chi connectivity index (χ0n) is 10.7. The molecule has 0 saturated heterocycles. The highest BCUT2D eigenvalue weighted by molar-refractivity contribution is 5.84. The van der Waals surface area contributed by atoms with Gasteiger partial charge in [0.1, 0.15) is 5.76 Å². The van der Waals surface area contributed by atoms with Crippen LogP contribution in [0.1, 0.15) is 34.8 Å². The molecule has 2 heterocycles. The summed E-state index contributed by atoms with van der Waals surface area (Å²) < 4.78 is 5.02. The molecule has 8 nitrogen and oxygen atoms in total. The Morgan fingerprint density at radius 3 is 2.90 bits per heavy atom. The van der Waals surface area contributed by atoms with Crippen molar-refractivity contribution >= 4 is 12.0 Å². The largest absolute Gasteiger partial charge is 0.475 e. The van der Waals surface area contributed by atoms with Crippen molar-refractivity contribution in [3.63, 3.8) is 0 Å². The van der Waals surface area contributed by atoms with Gasteiger partial charge in [-0.25, -0.2) is 9.59 Å². The summed E-state index contributed by atoms with van der Waals surface area (Å²) in [4.78, 5) is 22.3. The zero-order chi connectivity index (χ0) is 14.5. The third-order valence-corrected chi connectivity index (χ3v) is 2.66. The summed E-state index contributed by atoms with van der Waals surface area (Å²) in [6.07, 6.45) is 3.31. The van der Waals surface area contributed by atoms with Gasteiger partial charge in [-0.05, 0) is 19.1 Å². The first-order valence-electron chi connectivity index (χ1n) is 5.91. The van der Waals surface area contributed by atoms with Crippen LogP contribution in [0.2, 0.25) is 0 Å². The molecule has 0 aromatic carbocycles. The van der Waals surface area contributed by atoms with Gasteiger partial charge in [-0.1, -0.05) is 0 Å². The fourth-order valence-electron chi connectivity index (χ4n) is 1.58. The molecule has 2 aromatic rings.